The fraction of sp³-hybridized carbons (Fsp3) is 0.133. The van der Waals surface area contributed by atoms with E-state index >= 15 is 0 Å². The maximum Gasteiger partial charge on any atom is 0.122 e. The standard InChI is InChI=1S/C15H14ClN3O/c1-20-13-5-3-2-4-9(13)6-14-18-12-8-10(16)7-11(17)15(12)19-14/h2-5,7-8H,6,17H2,1H3,(H,18,19). The van der Waals surface area contributed by atoms with Crippen molar-refractivity contribution in [3.8, 4) is 5.75 Å². The van der Waals surface area contributed by atoms with Crippen molar-refractivity contribution in [1.82, 2.24) is 9.97 Å². The summed E-state index contributed by atoms with van der Waals surface area (Å²) in [6, 6.07) is 11.4. The minimum absolute atomic E-state index is 0.579. The summed E-state index contributed by atoms with van der Waals surface area (Å²) in [5, 5.41) is 0.600. The number of aromatic nitrogens is 2. The van der Waals surface area contributed by atoms with E-state index in [4.69, 9.17) is 22.1 Å². The van der Waals surface area contributed by atoms with Crippen molar-refractivity contribution in [2.45, 2.75) is 6.42 Å². The number of nitrogens with one attached hydrogen (secondary N) is 1. The second kappa shape index (κ2) is 5.06. The van der Waals surface area contributed by atoms with Crippen molar-refractivity contribution in [2.24, 2.45) is 0 Å². The van der Waals surface area contributed by atoms with Crippen molar-refractivity contribution >= 4 is 28.3 Å². The molecule has 0 fully saturated rings. The Morgan fingerprint density at radius 3 is 2.90 bits per heavy atom. The predicted octanol–water partition coefficient (Wildman–Crippen LogP) is 3.40. The molecule has 0 unspecified atom stereocenters. The van der Waals surface area contributed by atoms with Crippen LogP contribution in [0.3, 0.4) is 0 Å². The van der Waals surface area contributed by atoms with Crippen molar-refractivity contribution in [2.75, 3.05) is 12.8 Å². The van der Waals surface area contributed by atoms with Gasteiger partial charge in [0.15, 0.2) is 0 Å². The van der Waals surface area contributed by atoms with Crippen molar-refractivity contribution < 1.29 is 4.74 Å². The Balaban J connectivity index is 2.01. The number of nitrogens with two attached hydrogens (primary N) is 1. The molecular formula is C15H14ClN3O. The van der Waals surface area contributed by atoms with Crippen LogP contribution < -0.4 is 10.5 Å². The fourth-order valence-corrected chi connectivity index (χ4v) is 2.50. The molecule has 3 aromatic rings. The molecule has 0 aliphatic rings. The number of halogens is 1. The van der Waals surface area contributed by atoms with Gasteiger partial charge >= 0.3 is 0 Å². The average Bonchev–Trinajstić information content (AvgIpc) is 2.82. The monoisotopic (exact) mass is 287 g/mol. The lowest BCUT2D eigenvalue weighted by molar-refractivity contribution is 0.410. The summed E-state index contributed by atoms with van der Waals surface area (Å²) in [6.45, 7) is 0. The van der Waals surface area contributed by atoms with E-state index in [1.807, 2.05) is 30.3 Å². The van der Waals surface area contributed by atoms with Gasteiger partial charge in [0.2, 0.25) is 0 Å². The van der Waals surface area contributed by atoms with Crippen molar-refractivity contribution in [3.05, 3.63) is 52.8 Å². The number of ether oxygens (including phenoxy) is 1. The summed E-state index contributed by atoms with van der Waals surface area (Å²) in [7, 11) is 1.66. The molecule has 4 nitrogen and oxygen atoms in total. The van der Waals surface area contributed by atoms with Crippen LogP contribution in [0.2, 0.25) is 5.02 Å². The van der Waals surface area contributed by atoms with Gasteiger partial charge in [-0.1, -0.05) is 29.8 Å². The molecule has 1 heterocycles. The van der Waals surface area contributed by atoms with Crippen LogP contribution in [0.25, 0.3) is 11.0 Å². The lowest BCUT2D eigenvalue weighted by atomic mass is 10.1. The van der Waals surface area contributed by atoms with Gasteiger partial charge in [-0.15, -0.1) is 0 Å². The normalized spacial score (nSPS) is 10.9. The second-order valence-corrected chi connectivity index (χ2v) is 5.00. The summed E-state index contributed by atoms with van der Waals surface area (Å²) in [5.74, 6) is 1.68. The number of H-pyrrole nitrogens is 1. The van der Waals surface area contributed by atoms with E-state index in [1.54, 1.807) is 13.2 Å². The van der Waals surface area contributed by atoms with E-state index in [-0.39, 0.29) is 0 Å². The van der Waals surface area contributed by atoms with E-state index in [1.165, 1.54) is 0 Å². The van der Waals surface area contributed by atoms with Gasteiger partial charge in [-0.05, 0) is 18.2 Å². The number of rotatable bonds is 3. The molecule has 102 valence electrons. The van der Waals surface area contributed by atoms with Crippen LogP contribution in [-0.4, -0.2) is 17.1 Å². The highest BCUT2D eigenvalue weighted by atomic mass is 35.5. The van der Waals surface area contributed by atoms with Crippen molar-refractivity contribution in [1.29, 1.82) is 0 Å². The molecule has 0 radical (unpaired) electrons. The SMILES string of the molecule is COc1ccccc1Cc1nc2c(N)cc(Cl)cc2[nH]1. The highest BCUT2D eigenvalue weighted by Crippen LogP contribution is 2.26. The summed E-state index contributed by atoms with van der Waals surface area (Å²) in [4.78, 5) is 7.78. The number of methoxy groups -OCH3 is 1. The predicted molar refractivity (Wildman–Crippen MR) is 81.3 cm³/mol. The Morgan fingerprint density at radius 1 is 1.30 bits per heavy atom. The number of imidazole rings is 1. The molecular weight excluding hydrogens is 274 g/mol. The number of anilines is 1. The molecule has 0 atom stereocenters. The van der Waals surface area contributed by atoms with Gasteiger partial charge in [-0.3, -0.25) is 0 Å². The lowest BCUT2D eigenvalue weighted by Crippen LogP contribution is -1.95. The van der Waals surface area contributed by atoms with E-state index in [2.05, 4.69) is 9.97 Å². The lowest BCUT2D eigenvalue weighted by Gasteiger charge is -2.05. The van der Waals surface area contributed by atoms with E-state index < -0.39 is 0 Å². The summed E-state index contributed by atoms with van der Waals surface area (Å²) in [5.41, 5.74) is 9.17. The molecule has 0 bridgehead atoms. The number of hydrogen-bond acceptors (Lipinski definition) is 3. The number of aromatic amines is 1. The first-order valence-electron chi connectivity index (χ1n) is 6.23. The highest BCUT2D eigenvalue weighted by molar-refractivity contribution is 6.31. The molecule has 1 aromatic heterocycles. The number of nitrogens with zero attached hydrogens (tertiary/aromatic N) is 1. The molecule has 0 aliphatic heterocycles. The molecule has 5 heteroatoms. The molecule has 3 rings (SSSR count). The minimum atomic E-state index is 0.579. The van der Waals surface area contributed by atoms with Gasteiger partial charge in [-0.25, -0.2) is 4.98 Å². The van der Waals surface area contributed by atoms with Crippen LogP contribution in [0.5, 0.6) is 5.75 Å². The third-order valence-corrected chi connectivity index (χ3v) is 3.40. The quantitative estimate of drug-likeness (QED) is 0.726. The first kappa shape index (κ1) is 12.8. The topological polar surface area (TPSA) is 63.9 Å². The van der Waals surface area contributed by atoms with Crippen LogP contribution in [0.15, 0.2) is 36.4 Å². The smallest absolute Gasteiger partial charge is 0.122 e. The first-order valence-corrected chi connectivity index (χ1v) is 6.60. The Labute approximate surface area is 121 Å². The van der Waals surface area contributed by atoms with Crippen LogP contribution in [0.1, 0.15) is 11.4 Å². The van der Waals surface area contributed by atoms with Gasteiger partial charge in [0.25, 0.3) is 0 Å². The third kappa shape index (κ3) is 2.30. The summed E-state index contributed by atoms with van der Waals surface area (Å²) >= 11 is 5.99. The van der Waals surface area contributed by atoms with Gasteiger partial charge in [0.05, 0.1) is 18.3 Å². The van der Waals surface area contributed by atoms with Gasteiger partial charge in [-0.2, -0.15) is 0 Å². The minimum Gasteiger partial charge on any atom is -0.496 e. The van der Waals surface area contributed by atoms with Gasteiger partial charge in [0, 0.05) is 17.0 Å². The maximum absolute atomic E-state index is 5.99. The van der Waals surface area contributed by atoms with E-state index in [0.29, 0.717) is 17.1 Å². The van der Waals surface area contributed by atoms with E-state index in [0.717, 1.165) is 28.2 Å². The molecule has 20 heavy (non-hydrogen) atoms. The summed E-state index contributed by atoms with van der Waals surface area (Å²) < 4.78 is 5.35. The number of benzene rings is 2. The molecule has 3 N–H and O–H groups in total. The number of fused-ring (bicyclic) bond motifs is 1. The van der Waals surface area contributed by atoms with Crippen LogP contribution in [0.4, 0.5) is 5.69 Å². The molecule has 2 aromatic carbocycles. The number of hydrogen-bond donors (Lipinski definition) is 2. The Bertz CT molecular complexity index is 767. The first-order chi connectivity index (χ1) is 9.67. The van der Waals surface area contributed by atoms with Crippen LogP contribution in [0, 0.1) is 0 Å². The Hall–Kier alpha value is -2.20. The maximum atomic E-state index is 5.99. The highest BCUT2D eigenvalue weighted by Gasteiger charge is 2.10. The molecule has 0 saturated heterocycles. The molecule has 0 saturated carbocycles. The van der Waals surface area contributed by atoms with Crippen LogP contribution >= 0.6 is 11.6 Å². The zero-order chi connectivity index (χ0) is 14.1. The third-order valence-electron chi connectivity index (χ3n) is 3.18. The number of nitrogen functional groups attached to an aromatic ring is 1. The molecule has 0 aliphatic carbocycles. The molecule has 0 spiro atoms. The Morgan fingerprint density at radius 2 is 2.10 bits per heavy atom. The zero-order valence-corrected chi connectivity index (χ0v) is 11.7. The average molecular weight is 288 g/mol. The second-order valence-electron chi connectivity index (χ2n) is 4.56. The van der Waals surface area contributed by atoms with Crippen LogP contribution in [-0.2, 0) is 6.42 Å². The van der Waals surface area contributed by atoms with Crippen molar-refractivity contribution in [3.63, 3.8) is 0 Å². The largest absolute Gasteiger partial charge is 0.496 e. The van der Waals surface area contributed by atoms with E-state index in [9.17, 15) is 0 Å². The summed E-state index contributed by atoms with van der Waals surface area (Å²) in [6.07, 6.45) is 0.649. The van der Waals surface area contributed by atoms with Gasteiger partial charge in [0.1, 0.15) is 17.1 Å². The van der Waals surface area contributed by atoms with Gasteiger partial charge < -0.3 is 15.5 Å². The molecule has 0 amide bonds. The fourth-order valence-electron chi connectivity index (χ4n) is 2.27. The zero-order valence-electron chi connectivity index (χ0n) is 11.0. The number of para-hydroxylation sites is 1. The Kier molecular flexibility index (Phi) is 3.24.